The average Bonchev–Trinajstić information content (AvgIpc) is 2.46. The summed E-state index contributed by atoms with van der Waals surface area (Å²) >= 11 is 5.89. The molecule has 1 rings (SSSR count). The molecule has 0 saturated heterocycles. The van der Waals surface area contributed by atoms with Crippen LogP contribution in [-0.4, -0.2) is 24.4 Å². The quantitative estimate of drug-likeness (QED) is 0.481. The number of carbonyl (C=O) groups is 1. The molecule has 0 aliphatic rings. The third-order valence-corrected chi connectivity index (χ3v) is 3.16. The topological polar surface area (TPSA) is 82.2 Å². The summed E-state index contributed by atoms with van der Waals surface area (Å²) in [7, 11) is 1.83. The summed E-state index contributed by atoms with van der Waals surface area (Å²) < 4.78 is 0. The van der Waals surface area contributed by atoms with E-state index in [0.29, 0.717) is 16.4 Å². The van der Waals surface area contributed by atoms with Gasteiger partial charge < -0.3 is 16.0 Å². The Morgan fingerprint density at radius 2 is 2.29 bits per heavy atom. The van der Waals surface area contributed by atoms with E-state index in [1.165, 1.54) is 0 Å². The molecule has 21 heavy (non-hydrogen) atoms. The van der Waals surface area contributed by atoms with Crippen LogP contribution in [0.25, 0.3) is 0 Å². The van der Waals surface area contributed by atoms with Crippen LogP contribution < -0.4 is 11.1 Å². The molecule has 0 aliphatic heterocycles. The summed E-state index contributed by atoms with van der Waals surface area (Å²) in [4.78, 5) is 13.9. The molecule has 0 radical (unpaired) electrons. The van der Waals surface area contributed by atoms with Gasteiger partial charge in [-0.1, -0.05) is 24.9 Å². The first-order valence-electron chi connectivity index (χ1n) is 6.66. The monoisotopic (exact) mass is 306 g/mol. The Bertz CT molecular complexity index is 578. The molecule has 0 heterocycles. The fourth-order valence-electron chi connectivity index (χ4n) is 1.63. The zero-order chi connectivity index (χ0) is 15.8. The lowest BCUT2D eigenvalue weighted by Gasteiger charge is -2.14. The van der Waals surface area contributed by atoms with Crippen molar-refractivity contribution in [1.82, 2.24) is 4.90 Å². The van der Waals surface area contributed by atoms with Gasteiger partial charge in [0.05, 0.1) is 10.7 Å². The van der Waals surface area contributed by atoms with Crippen molar-refractivity contribution in [2.24, 2.45) is 0 Å². The van der Waals surface area contributed by atoms with Crippen molar-refractivity contribution >= 4 is 28.9 Å². The summed E-state index contributed by atoms with van der Waals surface area (Å²) in [6.45, 7) is 2.88. The van der Waals surface area contributed by atoms with Crippen molar-refractivity contribution in [3.05, 3.63) is 35.0 Å². The van der Waals surface area contributed by atoms with Crippen LogP contribution in [0.5, 0.6) is 0 Å². The summed E-state index contributed by atoms with van der Waals surface area (Å²) in [6, 6.07) is 6.68. The minimum absolute atomic E-state index is 0.0431. The normalized spacial score (nSPS) is 10.9. The zero-order valence-electron chi connectivity index (χ0n) is 12.2. The van der Waals surface area contributed by atoms with E-state index in [4.69, 9.17) is 22.6 Å². The van der Waals surface area contributed by atoms with Gasteiger partial charge in [-0.3, -0.25) is 4.79 Å². The van der Waals surface area contributed by atoms with E-state index in [-0.39, 0.29) is 5.57 Å². The number of halogens is 1. The average molecular weight is 307 g/mol. The molecule has 0 aromatic heterocycles. The van der Waals surface area contributed by atoms with Gasteiger partial charge in [0, 0.05) is 25.5 Å². The molecule has 1 aromatic carbocycles. The Hall–Kier alpha value is -2.19. The molecule has 0 bridgehead atoms. The molecular formula is C15H19ClN4O. The van der Waals surface area contributed by atoms with Gasteiger partial charge in [0.2, 0.25) is 0 Å². The van der Waals surface area contributed by atoms with Crippen molar-refractivity contribution in [2.45, 2.75) is 19.8 Å². The number of carbonyl (C=O) groups excluding carboxylic acids is 1. The second kappa shape index (κ2) is 8.18. The predicted octanol–water partition coefficient (Wildman–Crippen LogP) is 3.00. The van der Waals surface area contributed by atoms with Crippen LogP contribution in [0.3, 0.4) is 0 Å². The second-order valence-corrected chi connectivity index (χ2v) is 5.09. The van der Waals surface area contributed by atoms with Gasteiger partial charge in [-0.15, -0.1) is 0 Å². The molecule has 112 valence electrons. The molecule has 0 unspecified atom stereocenters. The lowest BCUT2D eigenvalue weighted by atomic mass is 10.2. The van der Waals surface area contributed by atoms with Crippen molar-refractivity contribution < 1.29 is 4.79 Å². The van der Waals surface area contributed by atoms with Gasteiger partial charge in [0.1, 0.15) is 11.6 Å². The molecule has 0 atom stereocenters. The van der Waals surface area contributed by atoms with Gasteiger partial charge in [-0.05, 0) is 24.6 Å². The lowest BCUT2D eigenvalue weighted by molar-refractivity contribution is -0.112. The molecule has 0 spiro atoms. The molecule has 5 nitrogen and oxygen atoms in total. The summed E-state index contributed by atoms with van der Waals surface area (Å²) in [5, 5.41) is 12.1. The maximum atomic E-state index is 12.0. The van der Waals surface area contributed by atoms with E-state index in [9.17, 15) is 4.79 Å². The van der Waals surface area contributed by atoms with Crippen LogP contribution in [0.2, 0.25) is 5.02 Å². The first kappa shape index (κ1) is 16.9. The van der Waals surface area contributed by atoms with Gasteiger partial charge in [0.25, 0.3) is 5.91 Å². The number of anilines is 2. The van der Waals surface area contributed by atoms with E-state index in [1.54, 1.807) is 24.4 Å². The van der Waals surface area contributed by atoms with Crippen LogP contribution in [0.1, 0.15) is 19.8 Å². The van der Waals surface area contributed by atoms with Gasteiger partial charge in [-0.25, -0.2) is 0 Å². The molecule has 1 aromatic rings. The number of amides is 1. The molecule has 0 saturated carbocycles. The van der Waals surface area contributed by atoms with Crippen molar-refractivity contribution in [2.75, 3.05) is 24.6 Å². The lowest BCUT2D eigenvalue weighted by Crippen LogP contribution is -2.19. The minimum Gasteiger partial charge on any atom is -0.398 e. The Balaban J connectivity index is 2.77. The highest BCUT2D eigenvalue weighted by molar-refractivity contribution is 6.33. The smallest absolute Gasteiger partial charge is 0.267 e. The number of unbranched alkanes of at least 4 members (excludes halogenated alkanes) is 1. The highest BCUT2D eigenvalue weighted by Crippen LogP contribution is 2.22. The van der Waals surface area contributed by atoms with E-state index >= 15 is 0 Å². The zero-order valence-corrected chi connectivity index (χ0v) is 12.9. The summed E-state index contributed by atoms with van der Waals surface area (Å²) in [6.07, 6.45) is 3.60. The van der Waals surface area contributed by atoms with Gasteiger partial charge in [0.15, 0.2) is 0 Å². The predicted molar refractivity (Wildman–Crippen MR) is 85.7 cm³/mol. The number of nitrogen functional groups attached to an aromatic ring is 1. The van der Waals surface area contributed by atoms with Gasteiger partial charge >= 0.3 is 0 Å². The summed E-state index contributed by atoms with van der Waals surface area (Å²) in [5.41, 5.74) is 6.58. The van der Waals surface area contributed by atoms with Crippen LogP contribution in [-0.2, 0) is 4.79 Å². The van der Waals surface area contributed by atoms with E-state index in [2.05, 4.69) is 12.2 Å². The number of hydrogen-bond acceptors (Lipinski definition) is 4. The maximum Gasteiger partial charge on any atom is 0.267 e. The number of nitrogens with zero attached hydrogens (tertiary/aromatic N) is 2. The SMILES string of the molecule is CCCCN(C)/C=C(/C#N)C(=O)Nc1ccc(N)c(Cl)c1. The number of rotatable bonds is 6. The molecule has 0 aliphatic carbocycles. The fourth-order valence-corrected chi connectivity index (χ4v) is 1.81. The maximum absolute atomic E-state index is 12.0. The van der Waals surface area contributed by atoms with Crippen LogP contribution in [0.15, 0.2) is 30.0 Å². The molecule has 1 amide bonds. The van der Waals surface area contributed by atoms with Crippen LogP contribution >= 0.6 is 11.6 Å². The second-order valence-electron chi connectivity index (χ2n) is 4.68. The van der Waals surface area contributed by atoms with Crippen molar-refractivity contribution in [3.8, 4) is 6.07 Å². The Kier molecular flexibility index (Phi) is 6.57. The number of nitrogens with one attached hydrogen (secondary N) is 1. The Morgan fingerprint density at radius 3 is 2.86 bits per heavy atom. The largest absolute Gasteiger partial charge is 0.398 e. The summed E-state index contributed by atoms with van der Waals surface area (Å²) in [5.74, 6) is -0.471. The molecule has 6 heteroatoms. The first-order chi connectivity index (χ1) is 9.97. The third kappa shape index (κ3) is 5.36. The van der Waals surface area contributed by atoms with Crippen molar-refractivity contribution in [1.29, 1.82) is 5.26 Å². The van der Waals surface area contributed by atoms with Gasteiger partial charge in [-0.2, -0.15) is 5.26 Å². The van der Waals surface area contributed by atoms with E-state index in [0.717, 1.165) is 19.4 Å². The number of hydrogen-bond donors (Lipinski definition) is 2. The number of benzene rings is 1. The fraction of sp³-hybridized carbons (Fsp3) is 0.333. The first-order valence-corrected chi connectivity index (χ1v) is 7.04. The highest BCUT2D eigenvalue weighted by atomic mass is 35.5. The van der Waals surface area contributed by atoms with Crippen molar-refractivity contribution in [3.63, 3.8) is 0 Å². The minimum atomic E-state index is -0.471. The number of nitrogens with two attached hydrogens (primary N) is 1. The van der Waals surface area contributed by atoms with E-state index in [1.807, 2.05) is 18.0 Å². The molecule has 0 fully saturated rings. The van der Waals surface area contributed by atoms with E-state index < -0.39 is 5.91 Å². The van der Waals surface area contributed by atoms with Crippen LogP contribution in [0, 0.1) is 11.3 Å². The number of nitriles is 1. The highest BCUT2D eigenvalue weighted by Gasteiger charge is 2.11. The molecular weight excluding hydrogens is 288 g/mol. The Morgan fingerprint density at radius 1 is 1.57 bits per heavy atom. The molecule has 3 N–H and O–H groups in total. The Labute approximate surface area is 130 Å². The van der Waals surface area contributed by atoms with Crippen LogP contribution in [0.4, 0.5) is 11.4 Å². The third-order valence-electron chi connectivity index (χ3n) is 2.84. The standard InChI is InChI=1S/C15H19ClN4O/c1-3-4-7-20(2)10-11(9-17)15(21)19-12-5-6-14(18)13(16)8-12/h5-6,8,10H,3-4,7,18H2,1-2H3,(H,19,21)/b11-10-.